The average molecular weight is 336 g/mol. The second kappa shape index (κ2) is 6.85. The first-order valence-electron chi connectivity index (χ1n) is 6.86. The van der Waals surface area contributed by atoms with E-state index in [1.54, 1.807) is 12.1 Å². The first-order chi connectivity index (χ1) is 10.5. The Morgan fingerprint density at radius 2 is 2.09 bits per heavy atom. The second-order valence-corrected chi connectivity index (χ2v) is 6.53. The number of hydrogen-bond acceptors (Lipinski definition) is 7. The normalized spacial score (nSPS) is 11.9. The molecule has 0 aliphatic carbocycles. The van der Waals surface area contributed by atoms with E-state index in [1.165, 1.54) is 29.7 Å². The maximum atomic E-state index is 12.3. The van der Waals surface area contributed by atoms with Crippen LogP contribution in [0.5, 0.6) is 0 Å². The number of hydrogen-bond donors (Lipinski definition) is 1. The molecule has 0 spiro atoms. The van der Waals surface area contributed by atoms with E-state index < -0.39 is 17.6 Å². The van der Waals surface area contributed by atoms with Gasteiger partial charge in [0.2, 0.25) is 5.91 Å². The SMILES string of the molecule is CCN(CC)c1nc2sc(C(=O)[C@@H](C#N)C(=O)NC)cc2s1. The van der Waals surface area contributed by atoms with Crippen LogP contribution >= 0.6 is 22.7 Å². The summed E-state index contributed by atoms with van der Waals surface area (Å²) in [5.74, 6) is -2.36. The van der Waals surface area contributed by atoms with Gasteiger partial charge in [-0.2, -0.15) is 5.26 Å². The molecular weight excluding hydrogens is 320 g/mol. The summed E-state index contributed by atoms with van der Waals surface area (Å²) in [6, 6.07) is 3.48. The van der Waals surface area contributed by atoms with Crippen LogP contribution in [0.25, 0.3) is 9.53 Å². The molecule has 2 rings (SSSR count). The number of amides is 1. The number of nitriles is 1. The second-order valence-electron chi connectivity index (χ2n) is 4.49. The van der Waals surface area contributed by atoms with E-state index in [1.807, 2.05) is 0 Å². The van der Waals surface area contributed by atoms with Gasteiger partial charge in [-0.15, -0.1) is 11.3 Å². The maximum Gasteiger partial charge on any atom is 0.245 e. The number of thiophene rings is 1. The number of carbonyl (C=O) groups is 2. The summed E-state index contributed by atoms with van der Waals surface area (Å²) < 4.78 is 0.906. The van der Waals surface area contributed by atoms with Gasteiger partial charge < -0.3 is 10.2 Å². The van der Waals surface area contributed by atoms with Crippen LogP contribution in [0.4, 0.5) is 5.13 Å². The Hall–Kier alpha value is -1.98. The molecule has 1 N–H and O–H groups in total. The van der Waals surface area contributed by atoms with Gasteiger partial charge in [0.25, 0.3) is 0 Å². The lowest BCUT2D eigenvalue weighted by Gasteiger charge is -2.16. The Labute approximate surface area is 136 Å². The Morgan fingerprint density at radius 3 is 2.59 bits per heavy atom. The number of ketones is 1. The van der Waals surface area contributed by atoms with E-state index in [0.29, 0.717) is 4.88 Å². The summed E-state index contributed by atoms with van der Waals surface area (Å²) in [6.07, 6.45) is 0. The van der Waals surface area contributed by atoms with E-state index >= 15 is 0 Å². The molecule has 1 atom stereocenters. The standard InChI is InChI=1S/C14H16N4O2S2/c1-4-18(5-2)14-17-13-10(22-14)6-9(21-13)11(19)8(7-15)12(20)16-3/h6,8H,4-5H2,1-3H3,(H,16,20)/t8-/m1/s1. The van der Waals surface area contributed by atoms with Gasteiger partial charge in [-0.3, -0.25) is 9.59 Å². The number of Topliss-reactive ketones (excluding diaryl/α,β-unsaturated/α-hetero) is 1. The number of carbonyl (C=O) groups excluding carboxylic acids is 2. The van der Waals surface area contributed by atoms with Crippen LogP contribution in [-0.4, -0.2) is 36.8 Å². The first kappa shape index (κ1) is 16.4. The van der Waals surface area contributed by atoms with Gasteiger partial charge in [0.1, 0.15) is 4.83 Å². The van der Waals surface area contributed by atoms with Gasteiger partial charge in [-0.05, 0) is 19.9 Å². The predicted molar refractivity (Wildman–Crippen MR) is 88.6 cm³/mol. The van der Waals surface area contributed by atoms with Crippen molar-refractivity contribution in [2.45, 2.75) is 13.8 Å². The fraction of sp³-hybridized carbons (Fsp3) is 0.429. The lowest BCUT2D eigenvalue weighted by atomic mass is 10.0. The number of nitrogens with one attached hydrogen (secondary N) is 1. The highest BCUT2D eigenvalue weighted by molar-refractivity contribution is 7.29. The van der Waals surface area contributed by atoms with E-state index in [2.05, 4.69) is 29.0 Å². The first-order valence-corrected chi connectivity index (χ1v) is 8.49. The van der Waals surface area contributed by atoms with E-state index in [9.17, 15) is 9.59 Å². The van der Waals surface area contributed by atoms with Crippen molar-refractivity contribution in [3.05, 3.63) is 10.9 Å². The van der Waals surface area contributed by atoms with Gasteiger partial charge in [-0.1, -0.05) is 11.3 Å². The third-order valence-electron chi connectivity index (χ3n) is 3.25. The highest BCUT2D eigenvalue weighted by atomic mass is 32.1. The molecule has 116 valence electrons. The number of thiazole rings is 1. The lowest BCUT2D eigenvalue weighted by molar-refractivity contribution is -0.121. The molecule has 6 nitrogen and oxygen atoms in total. The summed E-state index contributed by atoms with van der Waals surface area (Å²) in [7, 11) is 1.41. The fourth-order valence-electron chi connectivity index (χ4n) is 2.00. The molecule has 1 amide bonds. The Morgan fingerprint density at radius 1 is 1.41 bits per heavy atom. The average Bonchev–Trinajstić information content (AvgIpc) is 3.07. The van der Waals surface area contributed by atoms with Gasteiger partial charge in [0.15, 0.2) is 16.8 Å². The summed E-state index contributed by atoms with van der Waals surface area (Å²) >= 11 is 2.74. The minimum atomic E-state index is -1.31. The molecule has 0 fully saturated rings. The molecule has 0 saturated heterocycles. The molecule has 0 radical (unpaired) electrons. The molecule has 2 heterocycles. The molecule has 0 aromatic carbocycles. The van der Waals surface area contributed by atoms with Gasteiger partial charge in [0.05, 0.1) is 15.6 Å². The zero-order chi connectivity index (χ0) is 16.3. The molecule has 2 aromatic heterocycles. The fourth-order valence-corrected chi connectivity index (χ4v) is 4.31. The summed E-state index contributed by atoms with van der Waals surface area (Å²) in [5.41, 5.74) is 0. The van der Waals surface area contributed by atoms with Crippen LogP contribution in [0, 0.1) is 17.2 Å². The molecule has 22 heavy (non-hydrogen) atoms. The van der Waals surface area contributed by atoms with E-state index in [4.69, 9.17) is 5.26 Å². The third kappa shape index (κ3) is 2.96. The molecular formula is C14H16N4O2S2. The number of fused-ring (bicyclic) bond motifs is 1. The van der Waals surface area contributed by atoms with Crippen molar-refractivity contribution in [3.63, 3.8) is 0 Å². The Bertz CT molecular complexity index is 708. The smallest absolute Gasteiger partial charge is 0.245 e. The quantitative estimate of drug-likeness (QED) is 0.646. The number of nitrogens with zero attached hydrogens (tertiary/aromatic N) is 3. The predicted octanol–water partition coefficient (Wildman–Crippen LogP) is 2.27. The summed E-state index contributed by atoms with van der Waals surface area (Å²) in [4.78, 5) is 31.7. The monoisotopic (exact) mass is 336 g/mol. The van der Waals surface area contributed by atoms with Gasteiger partial charge in [0, 0.05) is 20.1 Å². The molecule has 2 aromatic rings. The highest BCUT2D eigenvalue weighted by Gasteiger charge is 2.28. The van der Waals surface area contributed by atoms with Crippen LogP contribution in [-0.2, 0) is 4.79 Å². The Kier molecular flexibility index (Phi) is 5.11. The summed E-state index contributed by atoms with van der Waals surface area (Å²) in [6.45, 7) is 5.87. The van der Waals surface area contributed by atoms with Crippen LogP contribution < -0.4 is 10.2 Å². The molecule has 0 saturated carbocycles. The minimum Gasteiger partial charge on any atom is -0.358 e. The maximum absolute atomic E-state index is 12.3. The van der Waals surface area contributed by atoms with Gasteiger partial charge >= 0.3 is 0 Å². The topological polar surface area (TPSA) is 86.1 Å². The van der Waals surface area contributed by atoms with Crippen molar-refractivity contribution < 1.29 is 9.59 Å². The van der Waals surface area contributed by atoms with E-state index in [0.717, 1.165) is 27.8 Å². The van der Waals surface area contributed by atoms with Crippen LogP contribution in [0.15, 0.2) is 6.07 Å². The van der Waals surface area contributed by atoms with Crippen molar-refractivity contribution in [1.29, 1.82) is 5.26 Å². The van der Waals surface area contributed by atoms with Crippen LogP contribution in [0.2, 0.25) is 0 Å². The molecule has 0 aliphatic heterocycles. The third-order valence-corrected chi connectivity index (χ3v) is 5.49. The van der Waals surface area contributed by atoms with Crippen molar-refractivity contribution in [1.82, 2.24) is 10.3 Å². The van der Waals surface area contributed by atoms with Crippen LogP contribution in [0.1, 0.15) is 23.5 Å². The number of rotatable bonds is 6. The Balaban J connectivity index is 2.31. The number of aromatic nitrogens is 1. The zero-order valence-corrected chi connectivity index (χ0v) is 14.2. The highest BCUT2D eigenvalue weighted by Crippen LogP contribution is 2.35. The zero-order valence-electron chi connectivity index (χ0n) is 12.5. The molecule has 0 unspecified atom stereocenters. The van der Waals surface area contributed by atoms with Crippen molar-refractivity contribution in [3.8, 4) is 6.07 Å². The largest absolute Gasteiger partial charge is 0.358 e. The van der Waals surface area contributed by atoms with Crippen molar-refractivity contribution >= 4 is 49.0 Å². The van der Waals surface area contributed by atoms with Crippen molar-refractivity contribution in [2.24, 2.45) is 5.92 Å². The number of anilines is 1. The molecule has 0 bridgehead atoms. The summed E-state index contributed by atoms with van der Waals surface area (Å²) in [5, 5.41) is 12.3. The van der Waals surface area contributed by atoms with Gasteiger partial charge in [-0.25, -0.2) is 4.98 Å². The molecule has 8 heteroatoms. The van der Waals surface area contributed by atoms with Crippen molar-refractivity contribution in [2.75, 3.05) is 25.0 Å². The van der Waals surface area contributed by atoms with Crippen LogP contribution in [0.3, 0.4) is 0 Å². The lowest BCUT2D eigenvalue weighted by Crippen LogP contribution is -2.31. The molecule has 0 aliphatic rings. The van der Waals surface area contributed by atoms with E-state index in [-0.39, 0.29) is 0 Å². The minimum absolute atomic E-state index is 0.398.